The highest BCUT2D eigenvalue weighted by Crippen LogP contribution is 2.42. The van der Waals surface area contributed by atoms with Crippen LogP contribution < -0.4 is 0 Å². The number of Topliss-reactive ketones (excluding diaryl/α,β-unsaturated/α-hetero) is 1. The summed E-state index contributed by atoms with van der Waals surface area (Å²) >= 11 is 0. The first-order chi connectivity index (χ1) is 12.3. The first-order valence-electron chi connectivity index (χ1n) is 8.64. The van der Waals surface area contributed by atoms with Gasteiger partial charge in [0.15, 0.2) is 5.78 Å². The molecule has 0 radical (unpaired) electrons. The summed E-state index contributed by atoms with van der Waals surface area (Å²) in [7, 11) is 0. The number of carbonyl (C=O) groups is 1. The highest BCUT2D eigenvalue weighted by atomic mass is 16.3. The number of furan rings is 1. The normalized spacial score (nSPS) is 19.4. The second-order valence-corrected chi connectivity index (χ2v) is 6.72. The number of fused-ring (bicyclic) bond motifs is 1. The largest absolute Gasteiger partial charge is 0.469 e. The van der Waals surface area contributed by atoms with Gasteiger partial charge in [-0.05, 0) is 36.1 Å². The zero-order chi connectivity index (χ0) is 17.1. The van der Waals surface area contributed by atoms with Crippen LogP contribution in [0.4, 0.5) is 0 Å². The first kappa shape index (κ1) is 15.6. The lowest BCUT2D eigenvalue weighted by Crippen LogP contribution is -2.30. The summed E-state index contributed by atoms with van der Waals surface area (Å²) in [6.45, 7) is 0. The third-order valence-corrected chi connectivity index (χ3v) is 4.98. The Morgan fingerprint density at radius 1 is 0.960 bits per heavy atom. The third kappa shape index (κ3) is 3.08. The van der Waals surface area contributed by atoms with Gasteiger partial charge in [0.05, 0.1) is 6.26 Å². The van der Waals surface area contributed by atoms with E-state index in [0.717, 1.165) is 28.9 Å². The predicted octanol–water partition coefficient (Wildman–Crippen LogP) is 5.35. The number of carbonyl (C=O) groups excluding carboxylic acids is 1. The van der Waals surface area contributed by atoms with Crippen molar-refractivity contribution in [2.75, 3.05) is 0 Å². The highest BCUT2D eigenvalue weighted by molar-refractivity contribution is 6.05. The molecule has 0 saturated carbocycles. The van der Waals surface area contributed by atoms with E-state index < -0.39 is 5.41 Å². The molecule has 0 bridgehead atoms. The van der Waals surface area contributed by atoms with E-state index in [-0.39, 0.29) is 5.78 Å². The van der Waals surface area contributed by atoms with Crippen LogP contribution in [-0.4, -0.2) is 5.78 Å². The van der Waals surface area contributed by atoms with Crippen LogP contribution in [0, 0.1) is 5.41 Å². The van der Waals surface area contributed by atoms with Crippen molar-refractivity contribution in [3.05, 3.63) is 102 Å². The van der Waals surface area contributed by atoms with E-state index in [2.05, 4.69) is 30.4 Å². The van der Waals surface area contributed by atoms with Gasteiger partial charge in [-0.3, -0.25) is 4.79 Å². The number of rotatable bonds is 5. The molecule has 0 fully saturated rings. The van der Waals surface area contributed by atoms with E-state index >= 15 is 0 Å². The highest BCUT2D eigenvalue weighted by Gasteiger charge is 2.44. The van der Waals surface area contributed by atoms with Crippen LogP contribution in [0.2, 0.25) is 0 Å². The van der Waals surface area contributed by atoms with Gasteiger partial charge < -0.3 is 4.42 Å². The minimum atomic E-state index is -0.452. The molecule has 4 rings (SSSR count). The molecule has 2 aromatic carbocycles. The lowest BCUT2D eigenvalue weighted by atomic mass is 9.76. The Balaban J connectivity index is 1.64. The predicted molar refractivity (Wildman–Crippen MR) is 99.4 cm³/mol. The van der Waals surface area contributed by atoms with Crippen molar-refractivity contribution >= 4 is 11.9 Å². The summed E-state index contributed by atoms with van der Waals surface area (Å²) < 4.78 is 5.56. The molecule has 0 amide bonds. The lowest BCUT2D eigenvalue weighted by Gasteiger charge is -2.25. The van der Waals surface area contributed by atoms with Crippen LogP contribution in [-0.2, 0) is 12.8 Å². The van der Waals surface area contributed by atoms with Crippen LogP contribution in [0.5, 0.6) is 0 Å². The smallest absolute Gasteiger partial charge is 0.170 e. The Bertz CT molecular complexity index is 887. The molecule has 0 N–H and O–H groups in total. The van der Waals surface area contributed by atoms with Crippen molar-refractivity contribution in [3.8, 4) is 0 Å². The molecule has 2 nitrogen and oxygen atoms in total. The van der Waals surface area contributed by atoms with Gasteiger partial charge in [-0.25, -0.2) is 0 Å². The summed E-state index contributed by atoms with van der Waals surface area (Å²) in [4.78, 5) is 13.2. The molecule has 1 aliphatic rings. The molecule has 25 heavy (non-hydrogen) atoms. The maximum Gasteiger partial charge on any atom is 0.170 e. The zero-order valence-corrected chi connectivity index (χ0v) is 14.0. The Labute approximate surface area is 147 Å². The van der Waals surface area contributed by atoms with Crippen LogP contribution in [0.25, 0.3) is 6.08 Å². The maximum atomic E-state index is 13.2. The van der Waals surface area contributed by atoms with Crippen molar-refractivity contribution in [2.45, 2.75) is 19.3 Å². The molecule has 0 spiro atoms. The minimum Gasteiger partial charge on any atom is -0.469 e. The maximum absolute atomic E-state index is 13.2. The van der Waals surface area contributed by atoms with E-state index in [1.165, 1.54) is 0 Å². The summed E-state index contributed by atoms with van der Waals surface area (Å²) in [6, 6.07) is 22.0. The molecule has 3 aromatic rings. The van der Waals surface area contributed by atoms with E-state index in [9.17, 15) is 4.79 Å². The average Bonchev–Trinajstić information content (AvgIpc) is 3.24. The number of hydrogen-bond acceptors (Lipinski definition) is 2. The number of ketones is 1. The zero-order valence-electron chi connectivity index (χ0n) is 14.0. The van der Waals surface area contributed by atoms with Crippen LogP contribution >= 0.6 is 0 Å². The summed E-state index contributed by atoms with van der Waals surface area (Å²) in [5, 5.41) is 0. The molecular weight excluding hydrogens is 308 g/mol. The molecule has 0 unspecified atom stereocenters. The van der Waals surface area contributed by atoms with Gasteiger partial charge in [-0.15, -0.1) is 0 Å². The topological polar surface area (TPSA) is 30.2 Å². The molecule has 2 heteroatoms. The van der Waals surface area contributed by atoms with Gasteiger partial charge in [0, 0.05) is 17.4 Å². The molecule has 1 atom stereocenters. The van der Waals surface area contributed by atoms with Gasteiger partial charge in [-0.2, -0.15) is 0 Å². The Hall–Kier alpha value is -2.87. The van der Waals surface area contributed by atoms with E-state index in [0.29, 0.717) is 12.8 Å². The Morgan fingerprint density at radius 2 is 1.76 bits per heavy atom. The van der Waals surface area contributed by atoms with Crippen molar-refractivity contribution in [3.63, 3.8) is 0 Å². The molecule has 1 heterocycles. The standard InChI is InChI=1S/C23H20O2/c24-22-21-13-5-4-11-19(21)16-23(22,17-20-12-7-15-25-20)14-6-10-18-8-2-1-3-9-18/h1-13,15H,14,16-17H2/b10-6+/t23-/m1/s1. The van der Waals surface area contributed by atoms with Crippen molar-refractivity contribution in [2.24, 2.45) is 5.41 Å². The number of allylic oxidation sites excluding steroid dienone is 1. The Kier molecular flexibility index (Phi) is 4.10. The van der Waals surface area contributed by atoms with Crippen molar-refractivity contribution < 1.29 is 9.21 Å². The van der Waals surface area contributed by atoms with Gasteiger partial charge in [-0.1, -0.05) is 66.7 Å². The number of benzene rings is 2. The van der Waals surface area contributed by atoms with Gasteiger partial charge in [0.2, 0.25) is 0 Å². The van der Waals surface area contributed by atoms with Crippen molar-refractivity contribution in [1.82, 2.24) is 0 Å². The fraction of sp³-hybridized carbons (Fsp3) is 0.174. The SMILES string of the molecule is O=C1c2ccccc2C[C@]1(C/C=C/c1ccccc1)Cc1ccco1. The van der Waals surface area contributed by atoms with Gasteiger partial charge in [0.1, 0.15) is 5.76 Å². The first-order valence-corrected chi connectivity index (χ1v) is 8.64. The molecular formula is C23H20O2. The van der Waals surface area contributed by atoms with Crippen molar-refractivity contribution in [1.29, 1.82) is 0 Å². The van der Waals surface area contributed by atoms with Crippen LogP contribution in [0.3, 0.4) is 0 Å². The fourth-order valence-electron chi connectivity index (χ4n) is 3.74. The summed E-state index contributed by atoms with van der Waals surface area (Å²) in [5.74, 6) is 1.10. The average molecular weight is 328 g/mol. The monoisotopic (exact) mass is 328 g/mol. The second kappa shape index (κ2) is 6.56. The molecule has 0 aliphatic heterocycles. The van der Waals surface area contributed by atoms with Crippen LogP contribution in [0.1, 0.15) is 33.7 Å². The summed E-state index contributed by atoms with van der Waals surface area (Å²) in [5.41, 5.74) is 2.71. The Morgan fingerprint density at radius 3 is 2.52 bits per heavy atom. The van der Waals surface area contributed by atoms with E-state index in [1.54, 1.807) is 6.26 Å². The van der Waals surface area contributed by atoms with Crippen LogP contribution in [0.15, 0.2) is 83.5 Å². The molecule has 1 aromatic heterocycles. The molecule has 1 aliphatic carbocycles. The van der Waals surface area contributed by atoms with Gasteiger partial charge in [0.25, 0.3) is 0 Å². The van der Waals surface area contributed by atoms with E-state index in [1.807, 2.05) is 48.5 Å². The third-order valence-electron chi connectivity index (χ3n) is 4.98. The van der Waals surface area contributed by atoms with Gasteiger partial charge >= 0.3 is 0 Å². The minimum absolute atomic E-state index is 0.234. The quantitative estimate of drug-likeness (QED) is 0.632. The fourth-order valence-corrected chi connectivity index (χ4v) is 3.74. The second-order valence-electron chi connectivity index (χ2n) is 6.72. The summed E-state index contributed by atoms with van der Waals surface area (Å²) in [6.07, 6.45) is 8.00. The lowest BCUT2D eigenvalue weighted by molar-refractivity contribution is 0.0812. The number of hydrogen-bond donors (Lipinski definition) is 0. The molecule has 124 valence electrons. The molecule has 0 saturated heterocycles. The van der Waals surface area contributed by atoms with E-state index in [4.69, 9.17) is 4.42 Å².